The SMILES string of the molecule is CC1CCCN(C(=O)CNC(C)c2cccc(-n3cccn3)c2)C1. The summed E-state index contributed by atoms with van der Waals surface area (Å²) in [6, 6.07) is 10.3. The fourth-order valence-corrected chi connectivity index (χ4v) is 3.24. The summed E-state index contributed by atoms with van der Waals surface area (Å²) in [5.41, 5.74) is 2.19. The zero-order valence-electron chi connectivity index (χ0n) is 14.5. The molecule has 3 rings (SSSR count). The molecule has 1 aromatic heterocycles. The molecule has 5 nitrogen and oxygen atoms in total. The van der Waals surface area contributed by atoms with Crippen LogP contribution >= 0.6 is 0 Å². The molecule has 5 heteroatoms. The molecule has 2 atom stereocenters. The van der Waals surface area contributed by atoms with Crippen molar-refractivity contribution in [1.82, 2.24) is 20.0 Å². The molecule has 2 heterocycles. The molecule has 1 fully saturated rings. The summed E-state index contributed by atoms with van der Waals surface area (Å²) in [6.45, 7) is 6.49. The van der Waals surface area contributed by atoms with Gasteiger partial charge in [0.05, 0.1) is 12.2 Å². The highest BCUT2D eigenvalue weighted by atomic mass is 16.2. The van der Waals surface area contributed by atoms with Crippen LogP contribution in [0.4, 0.5) is 0 Å². The average molecular weight is 326 g/mol. The number of nitrogens with zero attached hydrogens (tertiary/aromatic N) is 3. The summed E-state index contributed by atoms with van der Waals surface area (Å²) in [6.07, 6.45) is 6.05. The van der Waals surface area contributed by atoms with Gasteiger partial charge < -0.3 is 10.2 Å². The molecule has 1 aliphatic rings. The van der Waals surface area contributed by atoms with Gasteiger partial charge in [-0.2, -0.15) is 5.10 Å². The number of amides is 1. The van der Waals surface area contributed by atoms with E-state index in [1.165, 1.54) is 6.42 Å². The Morgan fingerprint density at radius 3 is 3.04 bits per heavy atom. The zero-order valence-corrected chi connectivity index (χ0v) is 14.5. The first-order valence-electron chi connectivity index (χ1n) is 8.74. The van der Waals surface area contributed by atoms with Crippen molar-refractivity contribution in [3.05, 3.63) is 48.3 Å². The van der Waals surface area contributed by atoms with E-state index in [-0.39, 0.29) is 11.9 Å². The number of hydrogen-bond acceptors (Lipinski definition) is 3. The predicted molar refractivity (Wildman–Crippen MR) is 95.0 cm³/mol. The number of nitrogens with one attached hydrogen (secondary N) is 1. The second kappa shape index (κ2) is 7.62. The standard InChI is InChI=1S/C19H26N4O/c1-15-6-4-10-22(14-15)19(24)13-20-16(2)17-7-3-8-18(12-17)23-11-5-9-21-23/h3,5,7-9,11-12,15-16,20H,4,6,10,13-14H2,1-2H3. The van der Waals surface area contributed by atoms with Crippen molar-refractivity contribution in [3.8, 4) is 5.69 Å². The van der Waals surface area contributed by atoms with E-state index in [9.17, 15) is 4.79 Å². The lowest BCUT2D eigenvalue weighted by Crippen LogP contribution is -2.43. The van der Waals surface area contributed by atoms with Crippen molar-refractivity contribution in [2.24, 2.45) is 5.92 Å². The molecule has 0 saturated carbocycles. The molecule has 1 N–H and O–H groups in total. The van der Waals surface area contributed by atoms with Crippen molar-refractivity contribution < 1.29 is 4.79 Å². The first kappa shape index (κ1) is 16.7. The maximum atomic E-state index is 12.4. The highest BCUT2D eigenvalue weighted by molar-refractivity contribution is 5.78. The van der Waals surface area contributed by atoms with Crippen molar-refractivity contribution in [1.29, 1.82) is 0 Å². The fourth-order valence-electron chi connectivity index (χ4n) is 3.24. The van der Waals surface area contributed by atoms with Crippen LogP contribution in [0.5, 0.6) is 0 Å². The van der Waals surface area contributed by atoms with Gasteiger partial charge in [-0.25, -0.2) is 4.68 Å². The van der Waals surface area contributed by atoms with E-state index in [4.69, 9.17) is 0 Å². The fraction of sp³-hybridized carbons (Fsp3) is 0.474. The molecule has 1 saturated heterocycles. The Labute approximate surface area is 143 Å². The van der Waals surface area contributed by atoms with Gasteiger partial charge in [0.2, 0.25) is 5.91 Å². The molecule has 1 aromatic carbocycles. The molecular weight excluding hydrogens is 300 g/mol. The third-order valence-corrected chi connectivity index (χ3v) is 4.71. The van der Waals surface area contributed by atoms with Crippen LogP contribution in [0.3, 0.4) is 0 Å². The molecule has 0 spiro atoms. The van der Waals surface area contributed by atoms with E-state index >= 15 is 0 Å². The second-order valence-electron chi connectivity index (χ2n) is 6.74. The Kier molecular flexibility index (Phi) is 5.30. The number of carbonyl (C=O) groups is 1. The largest absolute Gasteiger partial charge is 0.341 e. The van der Waals surface area contributed by atoms with E-state index in [0.29, 0.717) is 12.5 Å². The maximum absolute atomic E-state index is 12.4. The molecule has 128 valence electrons. The Hall–Kier alpha value is -2.14. The maximum Gasteiger partial charge on any atom is 0.236 e. The van der Waals surface area contributed by atoms with Crippen LogP contribution in [0.1, 0.15) is 38.3 Å². The third kappa shape index (κ3) is 4.03. The Morgan fingerprint density at radius 1 is 1.42 bits per heavy atom. The van der Waals surface area contributed by atoms with Crippen molar-refractivity contribution in [3.63, 3.8) is 0 Å². The van der Waals surface area contributed by atoms with E-state index in [1.54, 1.807) is 6.20 Å². The lowest BCUT2D eigenvalue weighted by atomic mass is 10.0. The lowest BCUT2D eigenvalue weighted by Gasteiger charge is -2.31. The van der Waals surface area contributed by atoms with Gasteiger partial charge in [0, 0.05) is 31.5 Å². The second-order valence-corrected chi connectivity index (χ2v) is 6.74. The summed E-state index contributed by atoms with van der Waals surface area (Å²) < 4.78 is 1.84. The van der Waals surface area contributed by atoms with Crippen LogP contribution in [-0.4, -0.2) is 40.2 Å². The Morgan fingerprint density at radius 2 is 2.29 bits per heavy atom. The lowest BCUT2D eigenvalue weighted by molar-refractivity contribution is -0.132. The minimum atomic E-state index is 0.117. The van der Waals surface area contributed by atoms with E-state index in [1.807, 2.05) is 34.0 Å². The molecule has 0 bridgehead atoms. The molecule has 0 aliphatic carbocycles. The summed E-state index contributed by atoms with van der Waals surface area (Å²) in [4.78, 5) is 14.4. The first-order valence-corrected chi connectivity index (χ1v) is 8.74. The van der Waals surface area contributed by atoms with Crippen LogP contribution in [0.2, 0.25) is 0 Å². The van der Waals surface area contributed by atoms with Crippen LogP contribution in [-0.2, 0) is 4.79 Å². The Bertz CT molecular complexity index is 668. The van der Waals surface area contributed by atoms with Gasteiger partial charge in [0.1, 0.15) is 0 Å². The molecule has 1 amide bonds. The van der Waals surface area contributed by atoms with Crippen molar-refractivity contribution in [2.45, 2.75) is 32.7 Å². The number of piperidine rings is 1. The topological polar surface area (TPSA) is 50.2 Å². The molecule has 2 unspecified atom stereocenters. The van der Waals surface area contributed by atoms with Gasteiger partial charge in [-0.3, -0.25) is 4.79 Å². The molecule has 24 heavy (non-hydrogen) atoms. The number of carbonyl (C=O) groups excluding carboxylic acids is 1. The molecule has 1 aliphatic heterocycles. The van der Waals surface area contributed by atoms with Crippen molar-refractivity contribution >= 4 is 5.91 Å². The van der Waals surface area contributed by atoms with E-state index in [0.717, 1.165) is 30.8 Å². The van der Waals surface area contributed by atoms with Crippen molar-refractivity contribution in [2.75, 3.05) is 19.6 Å². The normalized spacial score (nSPS) is 19.2. The summed E-state index contributed by atoms with van der Waals surface area (Å²) in [5, 5.41) is 7.63. The summed E-state index contributed by atoms with van der Waals surface area (Å²) in [5.74, 6) is 0.822. The minimum Gasteiger partial charge on any atom is -0.341 e. The van der Waals surface area contributed by atoms with Crippen LogP contribution in [0.25, 0.3) is 5.69 Å². The number of rotatable bonds is 5. The summed E-state index contributed by atoms with van der Waals surface area (Å²) in [7, 11) is 0. The van der Waals surface area contributed by atoms with Gasteiger partial charge in [-0.1, -0.05) is 19.1 Å². The monoisotopic (exact) mass is 326 g/mol. The first-order chi connectivity index (χ1) is 11.6. The molecule has 2 aromatic rings. The average Bonchev–Trinajstić information content (AvgIpc) is 3.14. The van der Waals surface area contributed by atoms with Gasteiger partial charge in [0.25, 0.3) is 0 Å². The van der Waals surface area contributed by atoms with E-state index < -0.39 is 0 Å². The third-order valence-electron chi connectivity index (χ3n) is 4.71. The molecular formula is C19H26N4O. The van der Waals surface area contributed by atoms with Gasteiger partial charge in [-0.15, -0.1) is 0 Å². The zero-order chi connectivity index (χ0) is 16.9. The van der Waals surface area contributed by atoms with Gasteiger partial charge in [-0.05, 0) is 49.4 Å². The predicted octanol–water partition coefficient (Wildman–Crippen LogP) is 2.78. The highest BCUT2D eigenvalue weighted by Gasteiger charge is 2.21. The number of benzene rings is 1. The van der Waals surface area contributed by atoms with Gasteiger partial charge in [0.15, 0.2) is 0 Å². The van der Waals surface area contributed by atoms with Crippen LogP contribution in [0.15, 0.2) is 42.7 Å². The Balaban J connectivity index is 1.58. The number of likely N-dealkylation sites (tertiary alicyclic amines) is 1. The highest BCUT2D eigenvalue weighted by Crippen LogP contribution is 2.18. The van der Waals surface area contributed by atoms with Gasteiger partial charge >= 0.3 is 0 Å². The number of hydrogen-bond donors (Lipinski definition) is 1. The summed E-state index contributed by atoms with van der Waals surface area (Å²) >= 11 is 0. The number of aromatic nitrogens is 2. The minimum absolute atomic E-state index is 0.117. The molecule has 0 radical (unpaired) electrons. The van der Waals surface area contributed by atoms with E-state index in [2.05, 4.69) is 36.4 Å². The smallest absolute Gasteiger partial charge is 0.236 e. The van der Waals surface area contributed by atoms with Crippen LogP contribution < -0.4 is 5.32 Å². The van der Waals surface area contributed by atoms with Crippen LogP contribution in [0, 0.1) is 5.92 Å². The quantitative estimate of drug-likeness (QED) is 0.919.